The fourth-order valence-electron chi connectivity index (χ4n) is 1.09. The first kappa shape index (κ1) is 11.3. The Morgan fingerprint density at radius 3 is 2.60 bits per heavy atom. The lowest BCUT2D eigenvalue weighted by atomic mass is 10.1. The molecule has 0 aromatic carbocycles. The number of carbonyl (C=O) groups is 1. The van der Waals surface area contributed by atoms with Crippen LogP contribution in [-0.2, 0) is 4.79 Å². The molecule has 1 aromatic heterocycles. The summed E-state index contributed by atoms with van der Waals surface area (Å²) in [5.74, 6) is -1.49. The van der Waals surface area contributed by atoms with E-state index in [0.29, 0.717) is 5.69 Å². The molecule has 1 aromatic rings. The number of rotatable bonds is 3. The van der Waals surface area contributed by atoms with E-state index in [9.17, 15) is 9.90 Å². The van der Waals surface area contributed by atoms with E-state index >= 15 is 0 Å². The summed E-state index contributed by atoms with van der Waals surface area (Å²) in [7, 11) is 0. The van der Waals surface area contributed by atoms with E-state index in [1.54, 1.807) is 0 Å². The van der Waals surface area contributed by atoms with Crippen LogP contribution in [0.2, 0.25) is 0 Å². The summed E-state index contributed by atoms with van der Waals surface area (Å²) in [5.41, 5.74) is 5.75. The minimum atomic E-state index is -1.91. The standard InChI is InChI=1S/C8H11N3O4/c1-3-4(2-10-8(9)11-3)5(12)6(13)7(14)15/h2,5-6,12-13H,1H3,(H,14,15)(H2,9,10,11). The van der Waals surface area contributed by atoms with Gasteiger partial charge in [0.25, 0.3) is 0 Å². The van der Waals surface area contributed by atoms with E-state index < -0.39 is 18.2 Å². The molecule has 5 N–H and O–H groups in total. The van der Waals surface area contributed by atoms with Crippen LogP contribution < -0.4 is 5.73 Å². The minimum absolute atomic E-state index is 0.0215. The Hall–Kier alpha value is -1.73. The van der Waals surface area contributed by atoms with E-state index in [1.807, 2.05) is 0 Å². The zero-order chi connectivity index (χ0) is 11.6. The SMILES string of the molecule is Cc1nc(N)ncc1C(O)C(O)C(=O)O. The molecule has 0 saturated carbocycles. The molecule has 7 heteroatoms. The molecule has 0 bridgehead atoms. The third kappa shape index (κ3) is 2.39. The minimum Gasteiger partial charge on any atom is -0.479 e. The highest BCUT2D eigenvalue weighted by atomic mass is 16.4. The van der Waals surface area contributed by atoms with Crippen LogP contribution in [-0.4, -0.2) is 37.4 Å². The van der Waals surface area contributed by atoms with Crippen LogP contribution in [0.3, 0.4) is 0 Å². The molecular formula is C8H11N3O4. The van der Waals surface area contributed by atoms with Gasteiger partial charge in [-0.2, -0.15) is 0 Å². The van der Waals surface area contributed by atoms with Crippen molar-refractivity contribution in [3.63, 3.8) is 0 Å². The summed E-state index contributed by atoms with van der Waals surface area (Å²) in [4.78, 5) is 17.8. The first-order chi connectivity index (χ1) is 6.93. The third-order valence-corrected chi connectivity index (χ3v) is 1.91. The van der Waals surface area contributed by atoms with Crippen LogP contribution in [0.25, 0.3) is 0 Å². The van der Waals surface area contributed by atoms with Crippen molar-refractivity contribution in [1.29, 1.82) is 0 Å². The van der Waals surface area contributed by atoms with Gasteiger partial charge in [0.15, 0.2) is 6.10 Å². The molecule has 82 valence electrons. The predicted molar refractivity (Wildman–Crippen MR) is 49.8 cm³/mol. The maximum absolute atomic E-state index is 10.4. The van der Waals surface area contributed by atoms with Crippen molar-refractivity contribution in [3.05, 3.63) is 17.5 Å². The molecule has 1 heterocycles. The highest BCUT2D eigenvalue weighted by Crippen LogP contribution is 2.19. The van der Waals surface area contributed by atoms with Gasteiger partial charge in [0.1, 0.15) is 6.10 Å². The average Bonchev–Trinajstić information content (AvgIpc) is 2.15. The van der Waals surface area contributed by atoms with Gasteiger partial charge in [-0.1, -0.05) is 0 Å². The predicted octanol–water partition coefficient (Wildman–Crippen LogP) is -1.15. The Labute approximate surface area is 85.2 Å². The number of nitrogen functional groups attached to an aromatic ring is 1. The molecular weight excluding hydrogens is 202 g/mol. The van der Waals surface area contributed by atoms with Crippen LogP contribution in [0, 0.1) is 6.92 Å². The number of anilines is 1. The van der Waals surface area contributed by atoms with Gasteiger partial charge in [-0.3, -0.25) is 0 Å². The Kier molecular flexibility index (Phi) is 3.17. The molecule has 1 rings (SSSR count). The summed E-state index contributed by atoms with van der Waals surface area (Å²) in [6.07, 6.45) is -2.28. The van der Waals surface area contributed by atoms with E-state index in [4.69, 9.17) is 15.9 Å². The number of nitrogens with two attached hydrogens (primary N) is 1. The van der Waals surface area contributed by atoms with Crippen molar-refractivity contribution < 1.29 is 20.1 Å². The van der Waals surface area contributed by atoms with Gasteiger partial charge < -0.3 is 21.1 Å². The molecule has 2 unspecified atom stereocenters. The average molecular weight is 213 g/mol. The third-order valence-electron chi connectivity index (χ3n) is 1.91. The Bertz CT molecular complexity index is 382. The molecule has 0 aliphatic carbocycles. The lowest BCUT2D eigenvalue weighted by Gasteiger charge is -2.15. The molecule has 15 heavy (non-hydrogen) atoms. The first-order valence-electron chi connectivity index (χ1n) is 4.11. The second-order valence-electron chi connectivity index (χ2n) is 3.00. The van der Waals surface area contributed by atoms with Crippen LogP contribution in [0.5, 0.6) is 0 Å². The summed E-state index contributed by atoms with van der Waals surface area (Å²) in [5, 5.41) is 27.1. The highest BCUT2D eigenvalue weighted by molar-refractivity contribution is 5.73. The number of hydrogen-bond acceptors (Lipinski definition) is 6. The number of aromatic nitrogens is 2. The summed E-state index contributed by atoms with van der Waals surface area (Å²) >= 11 is 0. The second kappa shape index (κ2) is 4.20. The van der Waals surface area contributed by atoms with E-state index in [0.717, 1.165) is 0 Å². The second-order valence-corrected chi connectivity index (χ2v) is 3.00. The van der Waals surface area contributed by atoms with Gasteiger partial charge in [0.05, 0.1) is 0 Å². The van der Waals surface area contributed by atoms with E-state index in [1.165, 1.54) is 13.1 Å². The highest BCUT2D eigenvalue weighted by Gasteiger charge is 2.27. The number of aliphatic carboxylic acids is 1. The molecule has 2 atom stereocenters. The van der Waals surface area contributed by atoms with E-state index in [2.05, 4.69) is 9.97 Å². The number of nitrogens with zero attached hydrogens (tertiary/aromatic N) is 2. The first-order valence-corrected chi connectivity index (χ1v) is 4.11. The van der Waals surface area contributed by atoms with Crippen molar-refractivity contribution in [3.8, 4) is 0 Å². The lowest BCUT2D eigenvalue weighted by molar-refractivity contribution is -0.153. The van der Waals surface area contributed by atoms with Crippen LogP contribution in [0.15, 0.2) is 6.20 Å². The molecule has 0 aliphatic heterocycles. The molecule has 0 saturated heterocycles. The Morgan fingerprint density at radius 2 is 2.13 bits per heavy atom. The van der Waals surface area contributed by atoms with Crippen LogP contribution >= 0.6 is 0 Å². The topological polar surface area (TPSA) is 130 Å². The van der Waals surface area contributed by atoms with Crippen LogP contribution in [0.1, 0.15) is 17.4 Å². The number of hydrogen-bond donors (Lipinski definition) is 4. The molecule has 0 aliphatic rings. The van der Waals surface area contributed by atoms with Crippen LogP contribution in [0.4, 0.5) is 5.95 Å². The quantitative estimate of drug-likeness (QED) is 0.498. The van der Waals surface area contributed by atoms with Crippen molar-refractivity contribution in [2.24, 2.45) is 0 Å². The number of aliphatic hydroxyl groups is 2. The van der Waals surface area contributed by atoms with Crippen molar-refractivity contribution in [2.75, 3.05) is 5.73 Å². The summed E-state index contributed by atoms with van der Waals surface area (Å²) < 4.78 is 0. The Balaban J connectivity index is 3.01. The van der Waals surface area contributed by atoms with E-state index in [-0.39, 0.29) is 11.5 Å². The van der Waals surface area contributed by atoms with Gasteiger partial charge in [0.2, 0.25) is 5.95 Å². The van der Waals surface area contributed by atoms with Gasteiger partial charge in [0, 0.05) is 17.5 Å². The fraction of sp³-hybridized carbons (Fsp3) is 0.375. The van der Waals surface area contributed by atoms with Crippen molar-refractivity contribution >= 4 is 11.9 Å². The van der Waals surface area contributed by atoms with Gasteiger partial charge in [-0.15, -0.1) is 0 Å². The molecule has 0 fully saturated rings. The fourth-order valence-corrected chi connectivity index (χ4v) is 1.09. The lowest BCUT2D eigenvalue weighted by Crippen LogP contribution is -2.28. The zero-order valence-corrected chi connectivity index (χ0v) is 7.95. The van der Waals surface area contributed by atoms with Crippen molar-refractivity contribution in [1.82, 2.24) is 9.97 Å². The maximum Gasteiger partial charge on any atom is 0.335 e. The van der Waals surface area contributed by atoms with Gasteiger partial charge in [-0.25, -0.2) is 14.8 Å². The molecule has 7 nitrogen and oxygen atoms in total. The van der Waals surface area contributed by atoms with Crippen molar-refractivity contribution in [2.45, 2.75) is 19.1 Å². The number of aliphatic hydroxyl groups excluding tert-OH is 2. The monoisotopic (exact) mass is 213 g/mol. The Morgan fingerprint density at radius 1 is 1.53 bits per heavy atom. The summed E-state index contributed by atoms with van der Waals surface area (Å²) in [6.45, 7) is 1.53. The normalized spacial score (nSPS) is 14.6. The smallest absolute Gasteiger partial charge is 0.335 e. The zero-order valence-electron chi connectivity index (χ0n) is 7.95. The van der Waals surface area contributed by atoms with Gasteiger partial charge >= 0.3 is 5.97 Å². The molecule has 0 amide bonds. The number of carboxylic acids is 1. The summed E-state index contributed by atoms with van der Waals surface area (Å²) in [6, 6.07) is 0. The van der Waals surface area contributed by atoms with Gasteiger partial charge in [-0.05, 0) is 6.92 Å². The maximum atomic E-state index is 10.4. The molecule has 0 radical (unpaired) electrons. The number of aryl methyl sites for hydroxylation is 1. The number of carboxylic acid groups (broad SMARTS) is 1. The largest absolute Gasteiger partial charge is 0.479 e. The molecule has 0 spiro atoms.